The molecule has 0 aromatic heterocycles. The fourth-order valence-electron chi connectivity index (χ4n) is 2.41. The molecule has 0 spiro atoms. The Kier molecular flexibility index (Phi) is 3.06. The van der Waals surface area contributed by atoms with Crippen LogP contribution in [0.15, 0.2) is 18.2 Å². The Balaban J connectivity index is 2.21. The van der Waals surface area contributed by atoms with E-state index in [9.17, 15) is 4.39 Å². The first-order valence-electron chi connectivity index (χ1n) is 5.69. The number of nitrogens with one attached hydrogen (secondary N) is 1. The number of piperidine rings is 1. The van der Waals surface area contributed by atoms with Crippen LogP contribution in [0, 0.1) is 12.7 Å². The van der Waals surface area contributed by atoms with Crippen molar-refractivity contribution < 1.29 is 4.39 Å². The molecule has 2 heteroatoms. The first-order valence-corrected chi connectivity index (χ1v) is 5.69. The van der Waals surface area contributed by atoms with Crippen molar-refractivity contribution in [1.29, 1.82) is 0 Å². The molecule has 0 radical (unpaired) electrons. The van der Waals surface area contributed by atoms with Crippen LogP contribution < -0.4 is 5.32 Å². The van der Waals surface area contributed by atoms with Gasteiger partial charge in [-0.15, -0.1) is 0 Å². The van der Waals surface area contributed by atoms with Gasteiger partial charge in [0.15, 0.2) is 0 Å². The Bertz CT molecular complexity index is 348. The molecule has 1 aliphatic heterocycles. The van der Waals surface area contributed by atoms with Crippen LogP contribution in [0.1, 0.15) is 43.4 Å². The number of halogens is 1. The van der Waals surface area contributed by atoms with Crippen LogP contribution in [0.2, 0.25) is 0 Å². The third kappa shape index (κ3) is 2.37. The summed E-state index contributed by atoms with van der Waals surface area (Å²) in [5.74, 6) is -0.139. The second kappa shape index (κ2) is 4.31. The minimum Gasteiger partial charge on any atom is -0.307 e. The first-order chi connectivity index (χ1) is 7.16. The predicted octanol–water partition coefficient (Wildman–Crippen LogP) is 3.34. The van der Waals surface area contributed by atoms with Crippen molar-refractivity contribution in [3.63, 3.8) is 0 Å². The van der Waals surface area contributed by atoms with E-state index < -0.39 is 0 Å². The predicted molar refractivity (Wildman–Crippen MR) is 60.3 cm³/mol. The zero-order valence-corrected chi connectivity index (χ0v) is 9.39. The smallest absolute Gasteiger partial charge is 0.123 e. The molecule has 2 rings (SSSR count). The summed E-state index contributed by atoms with van der Waals surface area (Å²) in [5, 5.41) is 3.57. The van der Waals surface area contributed by atoms with Crippen LogP contribution in [-0.4, -0.2) is 6.04 Å². The van der Waals surface area contributed by atoms with Gasteiger partial charge in [0.1, 0.15) is 5.82 Å². The van der Waals surface area contributed by atoms with Crippen molar-refractivity contribution in [3.8, 4) is 0 Å². The van der Waals surface area contributed by atoms with E-state index in [2.05, 4.69) is 12.2 Å². The van der Waals surface area contributed by atoms with E-state index in [1.165, 1.54) is 18.4 Å². The third-order valence-corrected chi connectivity index (χ3v) is 3.22. The lowest BCUT2D eigenvalue weighted by atomic mass is 9.91. The molecule has 2 atom stereocenters. The number of hydrogen-bond donors (Lipinski definition) is 1. The molecular formula is C13H18FN. The molecule has 0 bridgehead atoms. The van der Waals surface area contributed by atoms with Gasteiger partial charge >= 0.3 is 0 Å². The highest BCUT2D eigenvalue weighted by Gasteiger charge is 2.20. The van der Waals surface area contributed by atoms with E-state index in [1.807, 2.05) is 13.0 Å². The van der Waals surface area contributed by atoms with Gasteiger partial charge in [-0.25, -0.2) is 4.39 Å². The van der Waals surface area contributed by atoms with E-state index in [4.69, 9.17) is 0 Å². The molecule has 1 aromatic rings. The average Bonchev–Trinajstić information content (AvgIpc) is 2.17. The van der Waals surface area contributed by atoms with Crippen LogP contribution >= 0.6 is 0 Å². The van der Waals surface area contributed by atoms with E-state index in [0.717, 1.165) is 12.0 Å². The molecule has 0 saturated carbocycles. The Labute approximate surface area is 90.7 Å². The Morgan fingerprint density at radius 2 is 2.13 bits per heavy atom. The SMILES string of the molecule is Cc1cc(F)ccc1C1CCCC(C)N1. The average molecular weight is 207 g/mol. The van der Waals surface area contributed by atoms with Gasteiger partial charge in [0.05, 0.1) is 0 Å². The normalized spacial score (nSPS) is 26.6. The topological polar surface area (TPSA) is 12.0 Å². The molecule has 1 heterocycles. The zero-order valence-electron chi connectivity index (χ0n) is 9.39. The van der Waals surface area contributed by atoms with Gasteiger partial charge in [-0.1, -0.05) is 12.5 Å². The highest BCUT2D eigenvalue weighted by Crippen LogP contribution is 2.27. The summed E-state index contributed by atoms with van der Waals surface area (Å²) in [4.78, 5) is 0. The minimum atomic E-state index is -0.139. The van der Waals surface area contributed by atoms with E-state index in [0.29, 0.717) is 12.1 Å². The van der Waals surface area contributed by atoms with Gasteiger partial charge in [0.2, 0.25) is 0 Å². The molecule has 1 nitrogen and oxygen atoms in total. The van der Waals surface area contributed by atoms with Gasteiger partial charge < -0.3 is 5.32 Å². The maximum atomic E-state index is 13.0. The summed E-state index contributed by atoms with van der Waals surface area (Å²) in [7, 11) is 0. The lowest BCUT2D eigenvalue weighted by Crippen LogP contribution is -2.34. The summed E-state index contributed by atoms with van der Waals surface area (Å²) in [6.07, 6.45) is 3.67. The van der Waals surface area contributed by atoms with Crippen LogP contribution in [0.25, 0.3) is 0 Å². The Morgan fingerprint density at radius 1 is 1.33 bits per heavy atom. The highest BCUT2D eigenvalue weighted by molar-refractivity contribution is 5.29. The fourth-order valence-corrected chi connectivity index (χ4v) is 2.41. The van der Waals surface area contributed by atoms with Crippen molar-refractivity contribution in [2.75, 3.05) is 0 Å². The molecule has 2 unspecified atom stereocenters. The van der Waals surface area contributed by atoms with Gasteiger partial charge in [0.25, 0.3) is 0 Å². The lowest BCUT2D eigenvalue weighted by Gasteiger charge is -2.30. The van der Waals surface area contributed by atoms with Crippen molar-refractivity contribution in [1.82, 2.24) is 5.32 Å². The molecule has 0 amide bonds. The van der Waals surface area contributed by atoms with Crippen molar-refractivity contribution in [3.05, 3.63) is 35.1 Å². The highest BCUT2D eigenvalue weighted by atomic mass is 19.1. The van der Waals surface area contributed by atoms with Gasteiger partial charge in [-0.05, 0) is 49.9 Å². The number of benzene rings is 1. The maximum absolute atomic E-state index is 13.0. The number of hydrogen-bond acceptors (Lipinski definition) is 1. The third-order valence-electron chi connectivity index (χ3n) is 3.22. The van der Waals surface area contributed by atoms with Crippen LogP contribution in [0.3, 0.4) is 0 Å². The van der Waals surface area contributed by atoms with Gasteiger partial charge in [0, 0.05) is 12.1 Å². The molecular weight excluding hydrogens is 189 g/mol. The molecule has 1 N–H and O–H groups in total. The number of aryl methyl sites for hydroxylation is 1. The molecule has 0 aliphatic carbocycles. The molecule has 1 aromatic carbocycles. The second-order valence-electron chi connectivity index (χ2n) is 4.55. The molecule has 1 saturated heterocycles. The van der Waals surface area contributed by atoms with Crippen molar-refractivity contribution in [2.24, 2.45) is 0 Å². The fraction of sp³-hybridized carbons (Fsp3) is 0.538. The van der Waals surface area contributed by atoms with Crippen LogP contribution in [0.5, 0.6) is 0 Å². The monoisotopic (exact) mass is 207 g/mol. The quantitative estimate of drug-likeness (QED) is 0.744. The lowest BCUT2D eigenvalue weighted by molar-refractivity contribution is 0.340. The van der Waals surface area contributed by atoms with Gasteiger partial charge in [-0.3, -0.25) is 0 Å². The molecule has 1 fully saturated rings. The molecule has 82 valence electrons. The Hall–Kier alpha value is -0.890. The summed E-state index contributed by atoms with van der Waals surface area (Å²) >= 11 is 0. The summed E-state index contributed by atoms with van der Waals surface area (Å²) in [6.45, 7) is 4.20. The van der Waals surface area contributed by atoms with Crippen molar-refractivity contribution in [2.45, 2.75) is 45.2 Å². The zero-order chi connectivity index (χ0) is 10.8. The van der Waals surface area contributed by atoms with Crippen molar-refractivity contribution >= 4 is 0 Å². The Morgan fingerprint density at radius 3 is 2.80 bits per heavy atom. The standard InChI is InChI=1S/C13H18FN/c1-9-8-11(14)6-7-12(9)13-5-3-4-10(2)15-13/h6-8,10,13,15H,3-5H2,1-2H3. The molecule has 1 aliphatic rings. The van der Waals surface area contributed by atoms with E-state index in [-0.39, 0.29) is 5.82 Å². The summed E-state index contributed by atoms with van der Waals surface area (Å²) in [6, 6.07) is 6.09. The van der Waals surface area contributed by atoms with Crippen LogP contribution in [-0.2, 0) is 0 Å². The van der Waals surface area contributed by atoms with Gasteiger partial charge in [-0.2, -0.15) is 0 Å². The maximum Gasteiger partial charge on any atom is 0.123 e. The largest absolute Gasteiger partial charge is 0.307 e. The first kappa shape index (κ1) is 10.6. The minimum absolute atomic E-state index is 0.139. The second-order valence-corrected chi connectivity index (χ2v) is 4.55. The molecule has 15 heavy (non-hydrogen) atoms. The summed E-state index contributed by atoms with van der Waals surface area (Å²) in [5.41, 5.74) is 2.31. The van der Waals surface area contributed by atoms with E-state index >= 15 is 0 Å². The van der Waals surface area contributed by atoms with Crippen LogP contribution in [0.4, 0.5) is 4.39 Å². The van der Waals surface area contributed by atoms with E-state index in [1.54, 1.807) is 12.1 Å². The number of rotatable bonds is 1. The summed E-state index contributed by atoms with van der Waals surface area (Å²) < 4.78 is 13.0.